The van der Waals surface area contributed by atoms with Gasteiger partial charge in [-0.3, -0.25) is 14.5 Å². The maximum Gasteiger partial charge on any atom is 0.336 e. The zero-order valence-electron chi connectivity index (χ0n) is 19.2. The highest BCUT2D eigenvalue weighted by molar-refractivity contribution is 6.08. The van der Waals surface area contributed by atoms with Crippen molar-refractivity contribution in [2.45, 2.75) is 52.2 Å². The van der Waals surface area contributed by atoms with Crippen LogP contribution in [0.15, 0.2) is 33.5 Å². The van der Waals surface area contributed by atoms with Crippen molar-refractivity contribution in [3.63, 3.8) is 0 Å². The van der Waals surface area contributed by atoms with E-state index in [2.05, 4.69) is 26.1 Å². The largest absolute Gasteiger partial charge is 0.497 e. The van der Waals surface area contributed by atoms with E-state index in [1.807, 2.05) is 0 Å². The van der Waals surface area contributed by atoms with Crippen LogP contribution in [0.4, 0.5) is 4.79 Å². The molecule has 1 spiro atoms. The summed E-state index contributed by atoms with van der Waals surface area (Å²) in [5.41, 5.74) is -0.917. The summed E-state index contributed by atoms with van der Waals surface area (Å²) in [6, 6.07) is 5.64. The Morgan fingerprint density at radius 2 is 1.97 bits per heavy atom. The maximum absolute atomic E-state index is 13.2. The molecule has 3 amide bonds. The van der Waals surface area contributed by atoms with Crippen LogP contribution in [0.25, 0.3) is 11.0 Å². The van der Waals surface area contributed by atoms with E-state index in [0.29, 0.717) is 35.1 Å². The highest BCUT2D eigenvalue weighted by Gasteiger charge is 2.56. The fraction of sp³-hybridized carbons (Fsp3) is 0.500. The first kappa shape index (κ1) is 22.8. The molecule has 1 aromatic heterocycles. The van der Waals surface area contributed by atoms with E-state index < -0.39 is 29.7 Å². The lowest BCUT2D eigenvalue weighted by molar-refractivity contribution is -0.149. The van der Waals surface area contributed by atoms with Gasteiger partial charge in [-0.2, -0.15) is 0 Å². The van der Waals surface area contributed by atoms with Gasteiger partial charge in [0.2, 0.25) is 0 Å². The normalized spacial score (nSPS) is 24.2. The second kappa shape index (κ2) is 8.20. The summed E-state index contributed by atoms with van der Waals surface area (Å²) in [5, 5.41) is 3.43. The first-order chi connectivity index (χ1) is 15.5. The average molecular weight is 456 g/mol. The van der Waals surface area contributed by atoms with Crippen LogP contribution in [0.2, 0.25) is 0 Å². The SMILES string of the molecule is COc1ccc2c(COC(=O)CN3C(=O)N[C@]4(C[C@H](C)CC(C)(C)C4)C3=O)cc(=O)oc2c1. The zero-order valence-corrected chi connectivity index (χ0v) is 19.2. The number of rotatable bonds is 5. The molecule has 2 aromatic rings. The molecule has 2 aliphatic rings. The topological polar surface area (TPSA) is 115 Å². The lowest BCUT2D eigenvalue weighted by Gasteiger charge is -2.43. The molecule has 1 aliphatic heterocycles. The third-order valence-electron chi connectivity index (χ3n) is 6.34. The van der Waals surface area contributed by atoms with E-state index in [9.17, 15) is 19.2 Å². The number of imide groups is 1. The molecular weight excluding hydrogens is 428 g/mol. The molecule has 1 saturated heterocycles. The molecule has 2 fully saturated rings. The summed E-state index contributed by atoms with van der Waals surface area (Å²) in [7, 11) is 1.50. The molecule has 9 heteroatoms. The predicted molar refractivity (Wildman–Crippen MR) is 119 cm³/mol. The minimum Gasteiger partial charge on any atom is -0.497 e. The number of methoxy groups -OCH3 is 1. The summed E-state index contributed by atoms with van der Waals surface area (Å²) in [6.45, 7) is 5.53. The van der Waals surface area contributed by atoms with Gasteiger partial charge in [-0.15, -0.1) is 0 Å². The Kier molecular flexibility index (Phi) is 5.67. The third-order valence-corrected chi connectivity index (χ3v) is 6.34. The first-order valence-corrected chi connectivity index (χ1v) is 10.9. The number of hydrogen-bond donors (Lipinski definition) is 1. The van der Waals surface area contributed by atoms with Crippen molar-refractivity contribution >= 4 is 28.9 Å². The molecule has 9 nitrogen and oxygen atoms in total. The fourth-order valence-electron chi connectivity index (χ4n) is 5.44. The van der Waals surface area contributed by atoms with Crippen molar-refractivity contribution in [1.29, 1.82) is 0 Å². The van der Waals surface area contributed by atoms with Crippen LogP contribution in [0.1, 0.15) is 45.6 Å². The van der Waals surface area contributed by atoms with Crippen LogP contribution in [0, 0.1) is 11.3 Å². The van der Waals surface area contributed by atoms with Gasteiger partial charge >= 0.3 is 17.6 Å². The van der Waals surface area contributed by atoms with E-state index in [4.69, 9.17) is 13.9 Å². The number of urea groups is 1. The monoisotopic (exact) mass is 456 g/mol. The van der Waals surface area contributed by atoms with Gasteiger partial charge in [0.05, 0.1) is 7.11 Å². The number of nitrogens with zero attached hydrogens (tertiary/aromatic N) is 1. The van der Waals surface area contributed by atoms with Crippen molar-refractivity contribution in [3.8, 4) is 5.75 Å². The van der Waals surface area contributed by atoms with Gasteiger partial charge in [-0.05, 0) is 42.7 Å². The van der Waals surface area contributed by atoms with E-state index in [1.54, 1.807) is 18.2 Å². The summed E-state index contributed by atoms with van der Waals surface area (Å²) >= 11 is 0. The Hall–Kier alpha value is -3.36. The van der Waals surface area contributed by atoms with Crippen molar-refractivity contribution in [3.05, 3.63) is 40.2 Å². The highest BCUT2D eigenvalue weighted by Crippen LogP contribution is 2.46. The Bertz CT molecular complexity index is 1190. The van der Waals surface area contributed by atoms with Crippen molar-refractivity contribution in [2.75, 3.05) is 13.7 Å². The molecule has 1 saturated carbocycles. The molecule has 1 aromatic carbocycles. The summed E-state index contributed by atoms with van der Waals surface area (Å²) in [4.78, 5) is 51.1. The first-order valence-electron chi connectivity index (χ1n) is 10.9. The van der Waals surface area contributed by atoms with E-state index in [0.717, 1.165) is 11.3 Å². The Morgan fingerprint density at radius 3 is 2.67 bits per heavy atom. The fourth-order valence-corrected chi connectivity index (χ4v) is 5.44. The number of fused-ring (bicyclic) bond motifs is 1. The lowest BCUT2D eigenvalue weighted by atomic mass is 9.64. The highest BCUT2D eigenvalue weighted by atomic mass is 16.5. The second-order valence-corrected chi connectivity index (χ2v) is 9.87. The number of hydrogen-bond acceptors (Lipinski definition) is 7. The minimum atomic E-state index is -0.980. The second-order valence-electron chi connectivity index (χ2n) is 9.87. The van der Waals surface area contributed by atoms with Gasteiger partial charge in [-0.25, -0.2) is 9.59 Å². The standard InChI is InChI=1S/C24H28N2O7/c1-14-9-23(2,3)13-24(10-14)21(29)26(22(30)25-24)11-20(28)32-12-15-7-19(27)33-18-8-16(31-4)5-6-17(15)18/h5-8,14H,9-13H2,1-4H3,(H,25,30)/t14-,24+/m1/s1. The van der Waals surface area contributed by atoms with Gasteiger partial charge in [-0.1, -0.05) is 20.8 Å². The molecule has 2 heterocycles. The number of ether oxygens (including phenoxy) is 2. The average Bonchev–Trinajstić information content (AvgIpc) is 2.92. The number of esters is 1. The van der Waals surface area contributed by atoms with E-state index in [1.165, 1.54) is 13.2 Å². The Labute approximate surface area is 191 Å². The summed E-state index contributed by atoms with van der Waals surface area (Å²) in [6.07, 6.45) is 2.03. The lowest BCUT2D eigenvalue weighted by Crippen LogP contribution is -2.54. The molecule has 1 aliphatic carbocycles. The van der Waals surface area contributed by atoms with Gasteiger partial charge < -0.3 is 19.2 Å². The summed E-state index contributed by atoms with van der Waals surface area (Å²) in [5.74, 6) is -0.343. The number of carbonyl (C=O) groups is 3. The van der Waals surface area contributed by atoms with Gasteiger partial charge in [0.25, 0.3) is 5.91 Å². The molecular formula is C24H28N2O7. The van der Waals surface area contributed by atoms with Crippen LogP contribution in [0.3, 0.4) is 0 Å². The zero-order chi connectivity index (χ0) is 24.0. The van der Waals surface area contributed by atoms with Crippen molar-refractivity contribution in [2.24, 2.45) is 11.3 Å². The van der Waals surface area contributed by atoms with Crippen molar-refractivity contribution in [1.82, 2.24) is 10.2 Å². The Morgan fingerprint density at radius 1 is 1.21 bits per heavy atom. The quantitative estimate of drug-likeness (QED) is 0.418. The Balaban J connectivity index is 1.46. The molecule has 4 rings (SSSR count). The van der Waals surface area contributed by atoms with Crippen LogP contribution in [0.5, 0.6) is 5.75 Å². The number of amides is 3. The molecule has 1 N–H and O–H groups in total. The van der Waals surface area contributed by atoms with Crippen LogP contribution in [-0.4, -0.2) is 42.0 Å². The van der Waals surface area contributed by atoms with Gasteiger partial charge in [0, 0.05) is 23.1 Å². The van der Waals surface area contributed by atoms with Crippen molar-refractivity contribution < 1.29 is 28.3 Å². The van der Waals surface area contributed by atoms with Gasteiger partial charge in [0.15, 0.2) is 0 Å². The maximum atomic E-state index is 13.2. The molecule has 0 radical (unpaired) electrons. The smallest absolute Gasteiger partial charge is 0.336 e. The van der Waals surface area contributed by atoms with E-state index >= 15 is 0 Å². The molecule has 0 unspecified atom stereocenters. The predicted octanol–water partition coefficient (Wildman–Crippen LogP) is 2.98. The summed E-state index contributed by atoms with van der Waals surface area (Å²) < 4.78 is 15.7. The minimum absolute atomic E-state index is 0.102. The number of nitrogens with one attached hydrogen (secondary N) is 1. The van der Waals surface area contributed by atoms with Crippen LogP contribution in [-0.2, 0) is 20.9 Å². The van der Waals surface area contributed by atoms with E-state index in [-0.39, 0.29) is 23.8 Å². The molecule has 0 bridgehead atoms. The number of benzene rings is 1. The molecule has 2 atom stereocenters. The number of carbonyl (C=O) groups excluding carboxylic acids is 3. The molecule has 33 heavy (non-hydrogen) atoms. The van der Waals surface area contributed by atoms with Gasteiger partial charge in [0.1, 0.15) is 30.0 Å². The molecule has 176 valence electrons. The van der Waals surface area contributed by atoms with Crippen LogP contribution >= 0.6 is 0 Å². The third kappa shape index (κ3) is 4.44. The van der Waals surface area contributed by atoms with Crippen LogP contribution < -0.4 is 15.7 Å².